The molecule has 1 aromatic carbocycles. The van der Waals surface area contributed by atoms with E-state index in [9.17, 15) is 8.42 Å². The molecule has 1 saturated carbocycles. The predicted octanol–water partition coefficient (Wildman–Crippen LogP) is 0.974. The number of hydrogen-bond acceptors (Lipinski definition) is 5. The van der Waals surface area contributed by atoms with Crippen molar-refractivity contribution in [3.8, 4) is 11.5 Å². The quantitative estimate of drug-likeness (QED) is 0.761. The van der Waals surface area contributed by atoms with Gasteiger partial charge in [-0.1, -0.05) is 0 Å². The van der Waals surface area contributed by atoms with E-state index in [4.69, 9.17) is 15.2 Å². The highest BCUT2D eigenvalue weighted by atomic mass is 32.2. The van der Waals surface area contributed by atoms with Crippen LogP contribution < -0.4 is 19.9 Å². The van der Waals surface area contributed by atoms with Gasteiger partial charge >= 0.3 is 0 Å². The van der Waals surface area contributed by atoms with Crippen LogP contribution in [0.15, 0.2) is 17.0 Å². The summed E-state index contributed by atoms with van der Waals surface area (Å²) in [4.78, 5) is 0.0361. The Bertz CT molecular complexity index is 567. The molecule has 1 aliphatic rings. The number of nitrogen functional groups attached to an aromatic ring is 1. The zero-order valence-electron chi connectivity index (χ0n) is 11.0. The van der Waals surface area contributed by atoms with E-state index >= 15 is 0 Å². The number of ether oxygens (including phenoxy) is 2. The van der Waals surface area contributed by atoms with Crippen molar-refractivity contribution >= 4 is 15.7 Å². The highest BCUT2D eigenvalue weighted by molar-refractivity contribution is 7.89. The number of rotatable bonds is 6. The van der Waals surface area contributed by atoms with Crippen molar-refractivity contribution < 1.29 is 17.9 Å². The van der Waals surface area contributed by atoms with Crippen LogP contribution in [0.2, 0.25) is 0 Å². The van der Waals surface area contributed by atoms with Gasteiger partial charge in [0, 0.05) is 12.6 Å². The van der Waals surface area contributed by atoms with Gasteiger partial charge in [0.05, 0.1) is 19.9 Å². The monoisotopic (exact) mass is 286 g/mol. The van der Waals surface area contributed by atoms with Crippen molar-refractivity contribution in [2.75, 3.05) is 26.5 Å². The summed E-state index contributed by atoms with van der Waals surface area (Å²) in [5.41, 5.74) is 6.01. The molecule has 1 aromatic rings. The largest absolute Gasteiger partial charge is 0.495 e. The molecule has 2 rings (SSSR count). The SMILES string of the molecule is COc1cc(OC)c(S(=O)(=O)NCC2CC2)cc1N. The Balaban J connectivity index is 2.33. The molecule has 0 saturated heterocycles. The molecule has 0 amide bonds. The van der Waals surface area contributed by atoms with Crippen LogP contribution in [-0.2, 0) is 10.0 Å². The second-order valence-electron chi connectivity index (χ2n) is 4.54. The Labute approximate surface area is 112 Å². The molecule has 0 aromatic heterocycles. The molecular weight excluding hydrogens is 268 g/mol. The number of sulfonamides is 1. The molecule has 7 heteroatoms. The van der Waals surface area contributed by atoms with Crippen LogP contribution in [-0.4, -0.2) is 29.2 Å². The van der Waals surface area contributed by atoms with Gasteiger partial charge in [-0.3, -0.25) is 0 Å². The van der Waals surface area contributed by atoms with Gasteiger partial charge in [-0.2, -0.15) is 0 Å². The van der Waals surface area contributed by atoms with Crippen LogP contribution in [0.1, 0.15) is 12.8 Å². The minimum absolute atomic E-state index is 0.0361. The first-order valence-corrected chi connectivity index (χ1v) is 7.47. The molecule has 0 atom stereocenters. The molecule has 1 fully saturated rings. The lowest BCUT2D eigenvalue weighted by molar-refractivity contribution is 0.387. The average molecular weight is 286 g/mol. The lowest BCUT2D eigenvalue weighted by Gasteiger charge is -2.13. The molecule has 19 heavy (non-hydrogen) atoms. The maximum absolute atomic E-state index is 12.2. The fourth-order valence-electron chi connectivity index (χ4n) is 1.73. The minimum Gasteiger partial charge on any atom is -0.495 e. The molecule has 0 radical (unpaired) electrons. The second-order valence-corrected chi connectivity index (χ2v) is 6.28. The first-order chi connectivity index (χ1) is 8.97. The molecule has 0 bridgehead atoms. The van der Waals surface area contributed by atoms with Crippen LogP contribution in [0, 0.1) is 5.92 Å². The van der Waals surface area contributed by atoms with Crippen molar-refractivity contribution in [1.29, 1.82) is 0 Å². The van der Waals surface area contributed by atoms with E-state index in [1.165, 1.54) is 26.4 Å². The van der Waals surface area contributed by atoms with Crippen molar-refractivity contribution in [2.45, 2.75) is 17.7 Å². The number of methoxy groups -OCH3 is 2. The Morgan fingerprint density at radius 2 is 1.89 bits per heavy atom. The van der Waals surface area contributed by atoms with Gasteiger partial charge in [-0.15, -0.1) is 0 Å². The lowest BCUT2D eigenvalue weighted by Crippen LogP contribution is -2.26. The van der Waals surface area contributed by atoms with Crippen molar-refractivity contribution in [3.05, 3.63) is 12.1 Å². The third-order valence-electron chi connectivity index (χ3n) is 3.06. The number of hydrogen-bond donors (Lipinski definition) is 2. The Hall–Kier alpha value is -1.47. The Kier molecular flexibility index (Phi) is 3.86. The van der Waals surface area contributed by atoms with Crippen molar-refractivity contribution in [1.82, 2.24) is 4.72 Å². The third-order valence-corrected chi connectivity index (χ3v) is 4.51. The average Bonchev–Trinajstić information content (AvgIpc) is 3.20. The smallest absolute Gasteiger partial charge is 0.244 e. The van der Waals surface area contributed by atoms with E-state index in [1.807, 2.05) is 0 Å². The molecule has 3 N–H and O–H groups in total. The highest BCUT2D eigenvalue weighted by Gasteiger charge is 2.26. The van der Waals surface area contributed by atoms with E-state index in [0.29, 0.717) is 18.2 Å². The van der Waals surface area contributed by atoms with Gasteiger partial charge in [0.1, 0.15) is 16.4 Å². The lowest BCUT2D eigenvalue weighted by atomic mass is 10.3. The summed E-state index contributed by atoms with van der Waals surface area (Å²) in [6.07, 6.45) is 2.15. The van der Waals surface area contributed by atoms with Crippen molar-refractivity contribution in [3.63, 3.8) is 0 Å². The summed E-state index contributed by atoms with van der Waals surface area (Å²) in [7, 11) is -0.746. The molecule has 0 heterocycles. The standard InChI is InChI=1S/C12H18N2O4S/c1-17-10-6-11(18-2)12(5-9(10)13)19(15,16)14-7-8-3-4-8/h5-6,8,14H,3-4,7,13H2,1-2H3. The summed E-state index contributed by atoms with van der Waals surface area (Å²) in [5, 5.41) is 0. The minimum atomic E-state index is -3.62. The Morgan fingerprint density at radius 3 is 2.42 bits per heavy atom. The maximum Gasteiger partial charge on any atom is 0.244 e. The van der Waals surface area contributed by atoms with Crippen LogP contribution in [0.4, 0.5) is 5.69 Å². The van der Waals surface area contributed by atoms with E-state index in [2.05, 4.69) is 4.72 Å². The Morgan fingerprint density at radius 1 is 1.26 bits per heavy atom. The maximum atomic E-state index is 12.2. The first-order valence-electron chi connectivity index (χ1n) is 5.99. The molecule has 106 valence electrons. The number of anilines is 1. The van der Waals surface area contributed by atoms with Gasteiger partial charge in [0.2, 0.25) is 10.0 Å². The molecule has 0 spiro atoms. The van der Waals surface area contributed by atoms with Crippen LogP contribution >= 0.6 is 0 Å². The summed E-state index contributed by atoms with van der Waals surface area (Å²) < 4.78 is 37.1. The molecule has 0 unspecified atom stereocenters. The zero-order valence-corrected chi connectivity index (χ0v) is 11.8. The number of benzene rings is 1. The van der Waals surface area contributed by atoms with Crippen LogP contribution in [0.25, 0.3) is 0 Å². The fraction of sp³-hybridized carbons (Fsp3) is 0.500. The number of nitrogens with two attached hydrogens (primary N) is 1. The van der Waals surface area contributed by atoms with Crippen LogP contribution in [0.3, 0.4) is 0 Å². The fourth-order valence-corrected chi connectivity index (χ4v) is 3.03. The summed E-state index contributed by atoms with van der Waals surface area (Å²) in [5.74, 6) is 1.06. The molecular formula is C12H18N2O4S. The van der Waals surface area contributed by atoms with E-state index in [1.54, 1.807) is 0 Å². The number of nitrogens with one attached hydrogen (secondary N) is 1. The van der Waals surface area contributed by atoms with Gasteiger partial charge in [-0.25, -0.2) is 13.1 Å². The van der Waals surface area contributed by atoms with Gasteiger partial charge in [0.25, 0.3) is 0 Å². The summed E-state index contributed by atoms with van der Waals surface area (Å²) >= 11 is 0. The molecule has 1 aliphatic carbocycles. The highest BCUT2D eigenvalue weighted by Crippen LogP contribution is 2.34. The zero-order chi connectivity index (χ0) is 14.0. The topological polar surface area (TPSA) is 90.6 Å². The van der Waals surface area contributed by atoms with Crippen LogP contribution in [0.5, 0.6) is 11.5 Å². The van der Waals surface area contributed by atoms with E-state index < -0.39 is 10.0 Å². The molecule has 0 aliphatic heterocycles. The first kappa shape index (κ1) is 14.0. The third kappa shape index (κ3) is 3.10. The predicted molar refractivity (Wildman–Crippen MR) is 71.9 cm³/mol. The van der Waals surface area contributed by atoms with Gasteiger partial charge in [0.15, 0.2) is 0 Å². The second kappa shape index (κ2) is 5.26. The van der Waals surface area contributed by atoms with E-state index in [0.717, 1.165) is 12.8 Å². The summed E-state index contributed by atoms with van der Waals surface area (Å²) in [6, 6.07) is 2.83. The normalized spacial score (nSPS) is 15.3. The van der Waals surface area contributed by atoms with Crippen molar-refractivity contribution in [2.24, 2.45) is 5.92 Å². The van der Waals surface area contributed by atoms with Gasteiger partial charge in [-0.05, 0) is 24.8 Å². The molecule has 6 nitrogen and oxygen atoms in total. The summed E-state index contributed by atoms with van der Waals surface area (Å²) in [6.45, 7) is 0.456. The van der Waals surface area contributed by atoms with E-state index in [-0.39, 0.29) is 16.3 Å². The van der Waals surface area contributed by atoms with Gasteiger partial charge < -0.3 is 15.2 Å².